The van der Waals surface area contributed by atoms with E-state index in [2.05, 4.69) is 303 Å². The fraction of sp³-hybridized carbons (Fsp3) is 0. The third-order valence-corrected chi connectivity index (χ3v) is 13.9. The van der Waals surface area contributed by atoms with Crippen molar-refractivity contribution >= 4 is 0 Å². The highest BCUT2D eigenvalue weighted by atomic mass is 14.3. The molecule has 0 saturated heterocycles. The van der Waals surface area contributed by atoms with E-state index in [-0.39, 0.29) is 0 Å². The summed E-state index contributed by atoms with van der Waals surface area (Å²) in [5.74, 6) is 0. The first kappa shape index (κ1) is 43.9. The predicted octanol–water partition coefficient (Wildman–Crippen LogP) is 20.0. The summed E-state index contributed by atoms with van der Waals surface area (Å²) in [6.07, 6.45) is 0. The molecule has 0 N–H and O–H groups in total. The predicted molar refractivity (Wildman–Crippen MR) is 306 cm³/mol. The van der Waals surface area contributed by atoms with Gasteiger partial charge in [0.25, 0.3) is 0 Å². The molecule has 72 heavy (non-hydrogen) atoms. The summed E-state index contributed by atoms with van der Waals surface area (Å²) in [4.78, 5) is 0. The van der Waals surface area contributed by atoms with Gasteiger partial charge in [-0.3, -0.25) is 0 Å². The summed E-state index contributed by atoms with van der Waals surface area (Å²) < 4.78 is 0. The van der Waals surface area contributed by atoms with E-state index in [1.54, 1.807) is 0 Å². The molecule has 0 aliphatic heterocycles. The van der Waals surface area contributed by atoms with Crippen LogP contribution in [0, 0.1) is 0 Å². The largest absolute Gasteiger partial charge is 0.0622 e. The van der Waals surface area contributed by atoms with Crippen LogP contribution in [0.3, 0.4) is 0 Å². The van der Waals surface area contributed by atoms with Gasteiger partial charge in [0, 0.05) is 0 Å². The van der Waals surface area contributed by atoms with Gasteiger partial charge in [0.1, 0.15) is 0 Å². The van der Waals surface area contributed by atoms with Gasteiger partial charge in [-0.05, 0) is 135 Å². The molecule has 0 aliphatic rings. The Morgan fingerprint density at radius 2 is 0.292 bits per heavy atom. The van der Waals surface area contributed by atoms with Crippen LogP contribution in [0.15, 0.2) is 303 Å². The molecule has 0 fully saturated rings. The molecule has 0 amide bonds. The molecule has 0 heteroatoms. The Morgan fingerprint density at radius 1 is 0.111 bits per heavy atom. The summed E-state index contributed by atoms with van der Waals surface area (Å²) in [6.45, 7) is 0. The summed E-state index contributed by atoms with van der Waals surface area (Å²) >= 11 is 0. The highest BCUT2D eigenvalue weighted by Gasteiger charge is 2.30. The second-order valence-electron chi connectivity index (χ2n) is 18.2. The average molecular weight is 915 g/mol. The van der Waals surface area contributed by atoms with Gasteiger partial charge >= 0.3 is 0 Å². The van der Waals surface area contributed by atoms with E-state index in [0.717, 1.165) is 50.1 Å². The van der Waals surface area contributed by atoms with Crippen LogP contribution < -0.4 is 0 Å². The van der Waals surface area contributed by atoms with Gasteiger partial charge in [0.15, 0.2) is 0 Å². The maximum atomic E-state index is 2.47. The minimum absolute atomic E-state index is 1.13. The molecule has 0 spiro atoms. The number of hydrogen-bond donors (Lipinski definition) is 0. The SMILES string of the molecule is c1ccc(-c2cc(-c3cccc(-c4c(-c5ccccc5)c(-c5ccccc5)c(-c5ccccc5)c(-c5ccccc5)c4-c4ccccc4)c3)c(-c3ccccc3)c(-c3ccccc3)c2-c2ccccc2)cc1. The van der Waals surface area contributed by atoms with Crippen LogP contribution in [0.4, 0.5) is 0 Å². The van der Waals surface area contributed by atoms with Gasteiger partial charge in [-0.2, -0.15) is 0 Å². The fourth-order valence-electron chi connectivity index (χ4n) is 10.8. The molecule has 0 bridgehead atoms. The van der Waals surface area contributed by atoms with Crippen molar-refractivity contribution in [1.82, 2.24) is 0 Å². The Kier molecular flexibility index (Phi) is 12.1. The zero-order valence-electron chi connectivity index (χ0n) is 39.9. The summed E-state index contributed by atoms with van der Waals surface area (Å²) in [7, 11) is 0. The highest BCUT2D eigenvalue weighted by Crippen LogP contribution is 2.57. The van der Waals surface area contributed by atoms with E-state index in [0.29, 0.717) is 0 Å². The number of hydrogen-bond acceptors (Lipinski definition) is 0. The Labute approximate surface area is 423 Å². The first-order valence-electron chi connectivity index (χ1n) is 24.8. The average Bonchev–Trinajstić information content (AvgIpc) is 3.48. The van der Waals surface area contributed by atoms with E-state index in [1.807, 2.05) is 0 Å². The maximum absolute atomic E-state index is 2.47. The van der Waals surface area contributed by atoms with Crippen molar-refractivity contribution in [3.63, 3.8) is 0 Å². The molecular formula is C72H50. The molecule has 0 nitrogen and oxygen atoms in total. The lowest BCUT2D eigenvalue weighted by molar-refractivity contribution is 1.50. The Morgan fingerprint density at radius 3 is 0.569 bits per heavy atom. The Hall–Kier alpha value is -9.36. The lowest BCUT2D eigenvalue weighted by Crippen LogP contribution is -2.02. The standard InChI is InChI=1S/C72H50/c1-10-29-51(30-11-1)62-50-63(65(53-33-14-3-15-34-53)66(54-35-16-4-17-36-54)64(62)52-31-12-2-13-32-52)60-47-28-48-61(49-60)72-70(58-43-24-8-25-44-58)68(56-39-20-6-21-40-56)67(55-37-18-5-19-38-55)69(57-41-22-7-23-42-57)71(72)59-45-26-9-27-46-59/h1-50H. The topological polar surface area (TPSA) is 0 Å². The molecule has 0 saturated carbocycles. The third-order valence-electron chi connectivity index (χ3n) is 13.9. The molecule has 12 aromatic carbocycles. The van der Waals surface area contributed by atoms with Crippen molar-refractivity contribution in [2.45, 2.75) is 0 Å². The van der Waals surface area contributed by atoms with E-state index >= 15 is 0 Å². The molecule has 0 radical (unpaired) electrons. The Balaban J connectivity index is 1.27. The van der Waals surface area contributed by atoms with Gasteiger partial charge < -0.3 is 0 Å². The van der Waals surface area contributed by atoms with Crippen molar-refractivity contribution in [3.05, 3.63) is 303 Å². The monoisotopic (exact) mass is 914 g/mol. The number of benzene rings is 12. The molecule has 0 aliphatic carbocycles. The quantitative estimate of drug-likeness (QED) is 0.121. The van der Waals surface area contributed by atoms with Gasteiger partial charge in [-0.15, -0.1) is 0 Å². The van der Waals surface area contributed by atoms with Crippen molar-refractivity contribution in [2.75, 3.05) is 0 Å². The van der Waals surface area contributed by atoms with Crippen LogP contribution in [0.5, 0.6) is 0 Å². The van der Waals surface area contributed by atoms with Crippen molar-refractivity contribution in [3.8, 4) is 122 Å². The lowest BCUT2D eigenvalue weighted by Gasteiger charge is -2.29. The van der Waals surface area contributed by atoms with Crippen molar-refractivity contribution in [1.29, 1.82) is 0 Å². The summed E-state index contributed by atoms with van der Waals surface area (Å²) in [5.41, 5.74) is 25.8. The molecule has 0 unspecified atom stereocenters. The summed E-state index contributed by atoms with van der Waals surface area (Å²) in [6, 6.07) is 111. The lowest BCUT2D eigenvalue weighted by atomic mass is 9.74. The number of rotatable bonds is 11. The van der Waals surface area contributed by atoms with Gasteiger partial charge in [0.2, 0.25) is 0 Å². The van der Waals surface area contributed by atoms with E-state index in [9.17, 15) is 0 Å². The van der Waals surface area contributed by atoms with Gasteiger partial charge in [-0.25, -0.2) is 0 Å². The molecule has 12 aromatic rings. The second-order valence-corrected chi connectivity index (χ2v) is 18.2. The van der Waals surface area contributed by atoms with Crippen LogP contribution >= 0.6 is 0 Å². The molecular weight excluding hydrogens is 865 g/mol. The highest BCUT2D eigenvalue weighted by molar-refractivity contribution is 6.16. The van der Waals surface area contributed by atoms with Crippen LogP contribution in [0.2, 0.25) is 0 Å². The second kappa shape index (κ2) is 19.9. The van der Waals surface area contributed by atoms with E-state index in [4.69, 9.17) is 0 Å². The van der Waals surface area contributed by atoms with Crippen LogP contribution in [0.25, 0.3) is 122 Å². The first-order chi connectivity index (χ1) is 35.8. The van der Waals surface area contributed by atoms with Crippen LogP contribution in [-0.2, 0) is 0 Å². The fourth-order valence-corrected chi connectivity index (χ4v) is 10.8. The van der Waals surface area contributed by atoms with Gasteiger partial charge in [0.05, 0.1) is 0 Å². The van der Waals surface area contributed by atoms with Crippen molar-refractivity contribution < 1.29 is 0 Å². The molecule has 0 heterocycles. The van der Waals surface area contributed by atoms with Crippen molar-refractivity contribution in [2.24, 2.45) is 0 Å². The first-order valence-corrected chi connectivity index (χ1v) is 24.8. The minimum Gasteiger partial charge on any atom is -0.0622 e. The summed E-state index contributed by atoms with van der Waals surface area (Å²) in [5, 5.41) is 0. The van der Waals surface area contributed by atoms with Crippen LogP contribution in [-0.4, -0.2) is 0 Å². The smallest absolute Gasteiger partial charge is 0.00137 e. The Bertz CT molecular complexity index is 3650. The maximum Gasteiger partial charge on any atom is -0.00137 e. The zero-order chi connectivity index (χ0) is 48.1. The van der Waals surface area contributed by atoms with E-state index in [1.165, 1.54) is 72.3 Å². The molecule has 0 atom stereocenters. The van der Waals surface area contributed by atoms with E-state index < -0.39 is 0 Å². The van der Waals surface area contributed by atoms with Gasteiger partial charge in [-0.1, -0.05) is 291 Å². The molecule has 0 aromatic heterocycles. The third kappa shape index (κ3) is 8.36. The zero-order valence-corrected chi connectivity index (χ0v) is 39.9. The molecule has 12 rings (SSSR count). The normalized spacial score (nSPS) is 11.1. The minimum atomic E-state index is 1.13. The van der Waals surface area contributed by atoms with Crippen LogP contribution in [0.1, 0.15) is 0 Å². The molecule has 338 valence electrons.